The molecule has 1 unspecified atom stereocenters. The number of amides is 1. The van der Waals surface area contributed by atoms with Gasteiger partial charge in [-0.15, -0.1) is 0 Å². The van der Waals surface area contributed by atoms with E-state index in [1.807, 2.05) is 45.2 Å². The van der Waals surface area contributed by atoms with Crippen molar-refractivity contribution in [1.29, 1.82) is 0 Å². The Morgan fingerprint density at radius 2 is 1.86 bits per heavy atom. The molecule has 0 bridgehead atoms. The van der Waals surface area contributed by atoms with Crippen LogP contribution in [0.15, 0.2) is 42.6 Å². The minimum atomic E-state index is -0.451. The molecule has 3 heterocycles. The first-order chi connectivity index (χ1) is 17.3. The first kappa shape index (κ1) is 22.5. The number of hydrogen-bond acceptors (Lipinski definition) is 5. The van der Waals surface area contributed by atoms with Gasteiger partial charge in [-0.3, -0.25) is 14.4 Å². The summed E-state index contributed by atoms with van der Waals surface area (Å²) in [5, 5.41) is 10.3. The van der Waals surface area contributed by atoms with Crippen molar-refractivity contribution in [3.63, 3.8) is 0 Å². The Labute approximate surface area is 209 Å². The Hall–Kier alpha value is -4.01. The molecule has 1 aliphatic carbocycles. The molecule has 7 nitrogen and oxygen atoms in total. The summed E-state index contributed by atoms with van der Waals surface area (Å²) in [6.07, 6.45) is 4.31. The fraction of sp³-hybridized carbons (Fsp3) is 0.259. The highest BCUT2D eigenvalue weighted by molar-refractivity contribution is 6.07. The Morgan fingerprint density at radius 1 is 1.08 bits per heavy atom. The summed E-state index contributed by atoms with van der Waals surface area (Å²) in [5.74, 6) is 0.521. The number of benzene rings is 2. The van der Waals surface area contributed by atoms with Gasteiger partial charge in [-0.05, 0) is 92.1 Å². The summed E-state index contributed by atoms with van der Waals surface area (Å²) < 4.78 is 16.4. The SMILES string of the molecule is [B]n1nc(-c2cc(C)c(-c3ccc(C4CC4)cn3)cc2F)nc1Nc1cc2c(cc1C)C(=O)NC2C. The van der Waals surface area contributed by atoms with Crippen molar-refractivity contribution in [3.05, 3.63) is 76.2 Å². The zero-order valence-corrected chi connectivity index (χ0v) is 20.3. The maximum absolute atomic E-state index is 15.3. The van der Waals surface area contributed by atoms with Crippen molar-refractivity contribution in [3.8, 4) is 22.6 Å². The lowest BCUT2D eigenvalue weighted by atomic mass is 10.0. The number of fused-ring (bicyclic) bond motifs is 1. The highest BCUT2D eigenvalue weighted by atomic mass is 19.1. The van der Waals surface area contributed by atoms with Crippen molar-refractivity contribution in [2.45, 2.75) is 45.6 Å². The van der Waals surface area contributed by atoms with Gasteiger partial charge in [0.1, 0.15) is 5.82 Å². The zero-order chi connectivity index (χ0) is 25.1. The standard InChI is InChI=1S/C27H24BFN6O/c1-13-8-21(22(29)10-18(13)23-7-6-17(12-30-23)16-4-5-16)25-33-27(35(28)34-25)32-24-11-19-15(3)31-26(36)20(19)9-14(24)2/h6-12,15-16H,4-5H2,1-3H3,(H,31,36)(H,32,33,34). The van der Waals surface area contributed by atoms with Crippen LogP contribution >= 0.6 is 0 Å². The molecule has 1 saturated carbocycles. The van der Waals surface area contributed by atoms with Crippen LogP contribution in [0.25, 0.3) is 22.6 Å². The number of carbonyl (C=O) groups is 1. The molecule has 2 aromatic heterocycles. The summed E-state index contributed by atoms with van der Waals surface area (Å²) in [6.45, 7) is 5.74. The van der Waals surface area contributed by atoms with Crippen LogP contribution in [0.1, 0.15) is 64.3 Å². The zero-order valence-electron chi connectivity index (χ0n) is 20.3. The molecular weight excluding hydrogens is 454 g/mol. The van der Waals surface area contributed by atoms with Crippen LogP contribution in [0.2, 0.25) is 0 Å². The highest BCUT2D eigenvalue weighted by Crippen LogP contribution is 2.40. The molecule has 6 rings (SSSR count). The van der Waals surface area contributed by atoms with Gasteiger partial charge in [-0.2, -0.15) is 10.1 Å². The minimum Gasteiger partial charge on any atom is -0.345 e. The molecule has 4 aromatic rings. The summed E-state index contributed by atoms with van der Waals surface area (Å²) in [5.41, 5.74) is 6.98. The molecule has 0 saturated heterocycles. The number of pyridine rings is 1. The molecule has 1 fully saturated rings. The number of halogens is 1. The van der Waals surface area contributed by atoms with E-state index < -0.39 is 5.82 Å². The van der Waals surface area contributed by atoms with E-state index in [2.05, 4.69) is 31.8 Å². The van der Waals surface area contributed by atoms with Crippen LogP contribution in [0.3, 0.4) is 0 Å². The van der Waals surface area contributed by atoms with E-state index in [-0.39, 0.29) is 29.3 Å². The third-order valence-electron chi connectivity index (χ3n) is 7.00. The minimum absolute atomic E-state index is 0.0835. The van der Waals surface area contributed by atoms with Gasteiger partial charge in [-0.1, -0.05) is 6.07 Å². The Morgan fingerprint density at radius 3 is 2.58 bits per heavy atom. The van der Waals surface area contributed by atoms with Gasteiger partial charge in [-0.25, -0.2) is 4.39 Å². The lowest BCUT2D eigenvalue weighted by Gasteiger charge is -2.12. The summed E-state index contributed by atoms with van der Waals surface area (Å²) in [6, 6.07) is 10.9. The van der Waals surface area contributed by atoms with Gasteiger partial charge in [0.15, 0.2) is 5.82 Å². The summed E-state index contributed by atoms with van der Waals surface area (Å²) in [4.78, 5) is 21.1. The number of hydrogen-bond donors (Lipinski definition) is 2. The van der Waals surface area contributed by atoms with E-state index in [0.29, 0.717) is 11.5 Å². The van der Waals surface area contributed by atoms with Gasteiger partial charge < -0.3 is 10.6 Å². The monoisotopic (exact) mass is 478 g/mol. The molecule has 2 aromatic carbocycles. The number of nitrogens with one attached hydrogen (secondary N) is 2. The van der Waals surface area contributed by atoms with E-state index in [1.165, 1.54) is 24.5 Å². The predicted octanol–water partition coefficient (Wildman–Crippen LogP) is 5.12. The predicted molar refractivity (Wildman–Crippen MR) is 137 cm³/mol. The summed E-state index contributed by atoms with van der Waals surface area (Å²) >= 11 is 0. The Balaban J connectivity index is 1.30. The van der Waals surface area contributed by atoms with Crippen LogP contribution in [0.4, 0.5) is 16.0 Å². The normalized spacial score (nSPS) is 16.7. The molecule has 1 aliphatic heterocycles. The maximum Gasteiger partial charge on any atom is 0.269 e. The third-order valence-corrected chi connectivity index (χ3v) is 7.00. The molecule has 36 heavy (non-hydrogen) atoms. The van der Waals surface area contributed by atoms with E-state index >= 15 is 4.39 Å². The Bertz CT molecular complexity index is 1530. The topological polar surface area (TPSA) is 84.7 Å². The van der Waals surface area contributed by atoms with E-state index in [1.54, 1.807) is 6.07 Å². The molecule has 0 spiro atoms. The van der Waals surface area contributed by atoms with Crippen molar-refractivity contribution in [2.75, 3.05) is 5.32 Å². The fourth-order valence-corrected chi connectivity index (χ4v) is 4.76. The third kappa shape index (κ3) is 3.84. The largest absolute Gasteiger partial charge is 0.345 e. The number of rotatable bonds is 5. The smallest absolute Gasteiger partial charge is 0.269 e. The maximum atomic E-state index is 15.3. The molecule has 1 atom stereocenters. The van der Waals surface area contributed by atoms with Crippen LogP contribution in [-0.4, -0.2) is 33.5 Å². The van der Waals surface area contributed by atoms with Gasteiger partial charge in [0.25, 0.3) is 13.9 Å². The van der Waals surface area contributed by atoms with Gasteiger partial charge >= 0.3 is 0 Å². The number of aryl methyl sites for hydroxylation is 2. The van der Waals surface area contributed by atoms with Crippen LogP contribution < -0.4 is 10.6 Å². The molecule has 1 amide bonds. The fourth-order valence-electron chi connectivity index (χ4n) is 4.76. The van der Waals surface area contributed by atoms with Crippen molar-refractivity contribution in [2.24, 2.45) is 0 Å². The van der Waals surface area contributed by atoms with Crippen molar-refractivity contribution >= 4 is 25.5 Å². The quantitative estimate of drug-likeness (QED) is 0.389. The molecule has 2 aliphatic rings. The van der Waals surface area contributed by atoms with Crippen molar-refractivity contribution in [1.82, 2.24) is 25.0 Å². The average molecular weight is 478 g/mol. The van der Waals surface area contributed by atoms with Crippen LogP contribution in [0.5, 0.6) is 0 Å². The first-order valence-electron chi connectivity index (χ1n) is 12.0. The molecule has 2 N–H and O–H groups in total. The van der Waals surface area contributed by atoms with Crippen molar-refractivity contribution < 1.29 is 9.18 Å². The van der Waals surface area contributed by atoms with Gasteiger partial charge in [0.2, 0.25) is 5.95 Å². The van der Waals surface area contributed by atoms with Crippen LogP contribution in [-0.2, 0) is 0 Å². The second-order valence-electron chi connectivity index (χ2n) is 9.68. The lowest BCUT2D eigenvalue weighted by Crippen LogP contribution is -2.16. The average Bonchev–Trinajstić information content (AvgIpc) is 3.59. The number of nitrogens with zero attached hydrogens (tertiary/aromatic N) is 4. The molecule has 9 heteroatoms. The Kier molecular flexibility index (Phi) is 5.17. The second-order valence-corrected chi connectivity index (χ2v) is 9.68. The van der Waals surface area contributed by atoms with Gasteiger partial charge in [0.05, 0.1) is 17.3 Å². The number of anilines is 2. The second kappa shape index (κ2) is 8.29. The van der Waals surface area contributed by atoms with Gasteiger partial charge in [0, 0.05) is 23.0 Å². The lowest BCUT2D eigenvalue weighted by molar-refractivity contribution is 0.0958. The number of carbonyl (C=O) groups excluding carboxylic acids is 1. The molecular formula is C27H24BFN6O. The first-order valence-corrected chi connectivity index (χ1v) is 12.0. The summed E-state index contributed by atoms with van der Waals surface area (Å²) in [7, 11) is 6.07. The van der Waals surface area contributed by atoms with E-state index in [4.69, 9.17) is 7.98 Å². The van der Waals surface area contributed by atoms with Crippen LogP contribution in [0, 0.1) is 19.7 Å². The van der Waals surface area contributed by atoms with E-state index in [0.717, 1.165) is 38.2 Å². The van der Waals surface area contributed by atoms with E-state index in [9.17, 15) is 4.79 Å². The molecule has 2 radical (unpaired) electrons. The number of aromatic nitrogens is 4. The highest BCUT2D eigenvalue weighted by Gasteiger charge is 2.27. The molecule has 178 valence electrons.